The minimum atomic E-state index is 0.682. The highest BCUT2D eigenvalue weighted by Crippen LogP contribution is 2.33. The van der Waals surface area contributed by atoms with Crippen molar-refractivity contribution >= 4 is 27.7 Å². The van der Waals surface area contributed by atoms with Crippen LogP contribution < -0.4 is 5.32 Å². The molecule has 0 radical (unpaired) electrons. The van der Waals surface area contributed by atoms with E-state index >= 15 is 0 Å². The van der Waals surface area contributed by atoms with Gasteiger partial charge in [0, 0.05) is 29.6 Å². The van der Waals surface area contributed by atoms with Crippen molar-refractivity contribution in [2.45, 2.75) is 30.5 Å². The molecule has 1 N–H and O–H groups in total. The summed E-state index contributed by atoms with van der Waals surface area (Å²) in [4.78, 5) is 5.56. The third-order valence-electron chi connectivity index (χ3n) is 3.03. The SMILES string of the molecule is COCCNCc1ccc(Br)cc1Sc1nc(C)c(C)o1. The number of nitrogens with one attached hydrogen (secondary N) is 1. The number of hydrogen-bond donors (Lipinski definition) is 1. The minimum absolute atomic E-state index is 0.682. The summed E-state index contributed by atoms with van der Waals surface area (Å²) in [7, 11) is 1.70. The van der Waals surface area contributed by atoms with E-state index in [4.69, 9.17) is 9.15 Å². The molecule has 2 aromatic rings. The molecule has 2 rings (SSSR count). The predicted octanol–water partition coefficient (Wildman–Crippen LogP) is 3.94. The van der Waals surface area contributed by atoms with Crippen LogP contribution in [-0.2, 0) is 11.3 Å². The second kappa shape index (κ2) is 7.98. The topological polar surface area (TPSA) is 47.3 Å². The largest absolute Gasteiger partial charge is 0.436 e. The summed E-state index contributed by atoms with van der Waals surface area (Å²) in [6.45, 7) is 6.21. The zero-order valence-corrected chi connectivity index (χ0v) is 14.8. The molecular formula is C15H19BrN2O2S. The van der Waals surface area contributed by atoms with E-state index < -0.39 is 0 Å². The number of methoxy groups -OCH3 is 1. The fourth-order valence-corrected chi connectivity index (χ4v) is 3.25. The molecule has 0 unspecified atom stereocenters. The second-order valence-corrected chi connectivity index (χ2v) is 6.55. The number of halogens is 1. The molecule has 4 nitrogen and oxygen atoms in total. The molecule has 1 aromatic heterocycles. The van der Waals surface area contributed by atoms with Crippen LogP contribution in [0, 0.1) is 13.8 Å². The van der Waals surface area contributed by atoms with E-state index in [1.54, 1.807) is 18.9 Å². The molecule has 0 aliphatic carbocycles. The Hall–Kier alpha value is -0.820. The first-order valence-corrected chi connectivity index (χ1v) is 8.31. The average Bonchev–Trinajstić information content (AvgIpc) is 2.75. The molecule has 0 saturated heterocycles. The summed E-state index contributed by atoms with van der Waals surface area (Å²) in [6, 6.07) is 6.24. The second-order valence-electron chi connectivity index (χ2n) is 4.65. The van der Waals surface area contributed by atoms with E-state index in [0.717, 1.165) is 33.9 Å². The van der Waals surface area contributed by atoms with Crippen molar-refractivity contribution in [3.8, 4) is 0 Å². The number of aryl methyl sites for hydroxylation is 2. The van der Waals surface area contributed by atoms with Crippen LogP contribution in [0.5, 0.6) is 0 Å². The first kappa shape index (κ1) is 16.5. The van der Waals surface area contributed by atoms with Crippen LogP contribution in [0.3, 0.4) is 0 Å². The molecule has 6 heteroatoms. The number of rotatable bonds is 7. The molecule has 0 bridgehead atoms. The van der Waals surface area contributed by atoms with E-state index in [1.807, 2.05) is 19.9 Å². The van der Waals surface area contributed by atoms with Gasteiger partial charge in [-0.3, -0.25) is 0 Å². The zero-order valence-electron chi connectivity index (χ0n) is 12.4. The molecule has 1 heterocycles. The van der Waals surface area contributed by atoms with E-state index in [1.165, 1.54) is 5.56 Å². The maximum atomic E-state index is 5.65. The van der Waals surface area contributed by atoms with E-state index in [9.17, 15) is 0 Å². The van der Waals surface area contributed by atoms with Gasteiger partial charge >= 0.3 is 0 Å². The number of ether oxygens (including phenoxy) is 1. The first-order chi connectivity index (χ1) is 10.1. The summed E-state index contributed by atoms with van der Waals surface area (Å²) in [6.07, 6.45) is 0. The average molecular weight is 371 g/mol. The molecular weight excluding hydrogens is 352 g/mol. The van der Waals surface area contributed by atoms with Crippen molar-refractivity contribution in [1.82, 2.24) is 10.3 Å². The summed E-state index contributed by atoms with van der Waals surface area (Å²) >= 11 is 5.07. The van der Waals surface area contributed by atoms with Gasteiger partial charge in [-0.15, -0.1) is 0 Å². The standard InChI is InChI=1S/C15H19BrN2O2S/c1-10-11(2)20-15(18-10)21-14-8-13(16)5-4-12(14)9-17-6-7-19-3/h4-5,8,17H,6-7,9H2,1-3H3. The zero-order chi connectivity index (χ0) is 15.2. The monoisotopic (exact) mass is 370 g/mol. The summed E-state index contributed by atoms with van der Waals surface area (Å²) in [5.41, 5.74) is 2.15. The fourth-order valence-electron chi connectivity index (χ4n) is 1.75. The lowest BCUT2D eigenvalue weighted by Gasteiger charge is -2.09. The van der Waals surface area contributed by atoms with Crippen LogP contribution >= 0.6 is 27.7 Å². The first-order valence-electron chi connectivity index (χ1n) is 6.70. The van der Waals surface area contributed by atoms with E-state index in [-0.39, 0.29) is 0 Å². The summed E-state index contributed by atoms with van der Waals surface area (Å²) < 4.78 is 11.7. The highest BCUT2D eigenvalue weighted by molar-refractivity contribution is 9.10. The van der Waals surface area contributed by atoms with Gasteiger partial charge in [0.1, 0.15) is 5.76 Å². The van der Waals surface area contributed by atoms with Gasteiger partial charge in [0.05, 0.1) is 12.3 Å². The highest BCUT2D eigenvalue weighted by Gasteiger charge is 2.11. The maximum Gasteiger partial charge on any atom is 0.261 e. The van der Waals surface area contributed by atoms with E-state index in [2.05, 4.69) is 38.4 Å². The normalized spacial score (nSPS) is 11.0. The van der Waals surface area contributed by atoms with Gasteiger partial charge in [0.15, 0.2) is 0 Å². The van der Waals surface area contributed by atoms with E-state index in [0.29, 0.717) is 11.8 Å². The van der Waals surface area contributed by atoms with Crippen molar-refractivity contribution in [2.24, 2.45) is 0 Å². The van der Waals surface area contributed by atoms with Crippen LogP contribution in [0.1, 0.15) is 17.0 Å². The van der Waals surface area contributed by atoms with Gasteiger partial charge in [-0.1, -0.05) is 22.0 Å². The van der Waals surface area contributed by atoms with Crippen molar-refractivity contribution in [3.63, 3.8) is 0 Å². The smallest absolute Gasteiger partial charge is 0.261 e. The molecule has 114 valence electrons. The van der Waals surface area contributed by atoms with Crippen molar-refractivity contribution in [3.05, 3.63) is 39.7 Å². The fraction of sp³-hybridized carbons (Fsp3) is 0.400. The molecule has 0 saturated carbocycles. The molecule has 0 aliphatic heterocycles. The van der Waals surface area contributed by atoms with Crippen LogP contribution in [0.4, 0.5) is 0 Å². The Labute approximate surface area is 137 Å². The number of oxazole rings is 1. The Morgan fingerprint density at radius 3 is 2.86 bits per heavy atom. The Balaban J connectivity index is 2.11. The van der Waals surface area contributed by atoms with Gasteiger partial charge in [-0.05, 0) is 43.3 Å². The number of benzene rings is 1. The predicted molar refractivity (Wildman–Crippen MR) is 87.8 cm³/mol. The number of nitrogens with zero attached hydrogens (tertiary/aromatic N) is 1. The highest BCUT2D eigenvalue weighted by atomic mass is 79.9. The van der Waals surface area contributed by atoms with Crippen LogP contribution in [0.2, 0.25) is 0 Å². The lowest BCUT2D eigenvalue weighted by Crippen LogP contribution is -2.18. The molecule has 0 atom stereocenters. The van der Waals surface area contributed by atoms with Crippen molar-refractivity contribution in [1.29, 1.82) is 0 Å². The van der Waals surface area contributed by atoms with Crippen LogP contribution in [0.15, 0.2) is 37.2 Å². The molecule has 0 fully saturated rings. The van der Waals surface area contributed by atoms with Crippen LogP contribution in [0.25, 0.3) is 0 Å². The Kier molecular flexibility index (Phi) is 6.29. The van der Waals surface area contributed by atoms with Gasteiger partial charge in [-0.25, -0.2) is 4.98 Å². The lowest BCUT2D eigenvalue weighted by atomic mass is 10.2. The molecule has 21 heavy (non-hydrogen) atoms. The lowest BCUT2D eigenvalue weighted by molar-refractivity contribution is 0.199. The quantitative estimate of drug-likeness (QED) is 0.747. The Morgan fingerprint density at radius 1 is 1.38 bits per heavy atom. The third-order valence-corrected chi connectivity index (χ3v) is 4.48. The van der Waals surface area contributed by atoms with Crippen molar-refractivity contribution in [2.75, 3.05) is 20.3 Å². The van der Waals surface area contributed by atoms with Crippen LogP contribution in [-0.4, -0.2) is 25.2 Å². The minimum Gasteiger partial charge on any atom is -0.436 e. The Bertz CT molecular complexity index is 582. The van der Waals surface area contributed by atoms with Crippen molar-refractivity contribution < 1.29 is 9.15 Å². The summed E-state index contributed by atoms with van der Waals surface area (Å²) in [5.74, 6) is 0.868. The third kappa shape index (κ3) is 4.85. The molecule has 0 spiro atoms. The number of aromatic nitrogens is 1. The molecule has 0 amide bonds. The summed E-state index contributed by atoms with van der Waals surface area (Å²) in [5, 5.41) is 4.04. The molecule has 1 aromatic carbocycles. The maximum absolute atomic E-state index is 5.65. The molecule has 0 aliphatic rings. The van der Waals surface area contributed by atoms with Gasteiger partial charge in [-0.2, -0.15) is 0 Å². The number of hydrogen-bond acceptors (Lipinski definition) is 5. The Morgan fingerprint density at radius 2 is 2.19 bits per heavy atom. The van der Waals surface area contributed by atoms with Gasteiger partial charge in [0.2, 0.25) is 0 Å². The van der Waals surface area contributed by atoms with Gasteiger partial charge < -0.3 is 14.5 Å². The van der Waals surface area contributed by atoms with Gasteiger partial charge in [0.25, 0.3) is 5.22 Å².